The van der Waals surface area contributed by atoms with Gasteiger partial charge in [-0.2, -0.15) is 0 Å². The van der Waals surface area contributed by atoms with Crippen LogP contribution in [0.15, 0.2) is 0 Å². The van der Waals surface area contributed by atoms with E-state index < -0.39 is 0 Å². The van der Waals surface area contributed by atoms with Crippen molar-refractivity contribution >= 4 is 0 Å². The van der Waals surface area contributed by atoms with Crippen LogP contribution in [0.5, 0.6) is 0 Å². The lowest BCUT2D eigenvalue weighted by molar-refractivity contribution is 0.0694. The summed E-state index contributed by atoms with van der Waals surface area (Å²) in [5.41, 5.74) is 0. The molecule has 0 aromatic carbocycles. The van der Waals surface area contributed by atoms with Gasteiger partial charge in [-0.25, -0.2) is 0 Å². The first-order valence-corrected chi connectivity index (χ1v) is 6.52. The lowest BCUT2D eigenvalue weighted by Gasteiger charge is -2.37. The third-order valence-corrected chi connectivity index (χ3v) is 4.47. The molecule has 1 N–H and O–H groups in total. The van der Waals surface area contributed by atoms with Crippen LogP contribution in [0.3, 0.4) is 0 Å². The summed E-state index contributed by atoms with van der Waals surface area (Å²) in [6, 6.07) is 0. The van der Waals surface area contributed by atoms with Gasteiger partial charge in [-0.05, 0) is 17.8 Å². The summed E-state index contributed by atoms with van der Waals surface area (Å²) in [4.78, 5) is 0. The second-order valence-electron chi connectivity index (χ2n) is 5.29. The van der Waals surface area contributed by atoms with Crippen LogP contribution >= 0.6 is 0 Å². The molecule has 2 fully saturated rings. The van der Waals surface area contributed by atoms with Crippen molar-refractivity contribution in [3.8, 4) is 0 Å². The van der Waals surface area contributed by atoms with Gasteiger partial charge in [-0.1, -0.05) is 57.8 Å². The van der Waals surface area contributed by atoms with E-state index >= 15 is 0 Å². The predicted octanol–water partition coefficient (Wildman–Crippen LogP) is 3.37. The molecule has 0 radical (unpaired) electrons. The van der Waals surface area contributed by atoms with E-state index in [-0.39, 0.29) is 0 Å². The predicted molar refractivity (Wildman–Crippen MR) is 59.1 cm³/mol. The van der Waals surface area contributed by atoms with Crippen LogP contribution in [0.1, 0.15) is 57.8 Å². The Kier molecular flexibility index (Phi) is 3.86. The number of hydrogen-bond acceptors (Lipinski definition) is 1. The molecule has 0 aromatic heterocycles. The molecule has 0 saturated heterocycles. The first kappa shape index (κ1) is 10.5. The van der Waals surface area contributed by atoms with Crippen LogP contribution in [-0.2, 0) is 0 Å². The molecule has 1 atom stereocenters. The first-order chi connectivity index (χ1) is 6.92. The number of aliphatic hydroxyl groups excluding tert-OH is 1. The molecule has 82 valence electrons. The van der Waals surface area contributed by atoms with Crippen molar-refractivity contribution in [3.05, 3.63) is 0 Å². The van der Waals surface area contributed by atoms with E-state index in [0.717, 1.165) is 11.8 Å². The minimum atomic E-state index is 0.454. The maximum Gasteiger partial charge on any atom is 0.0464 e. The highest BCUT2D eigenvalue weighted by Gasteiger charge is 2.32. The maximum absolute atomic E-state index is 9.51. The molecule has 2 rings (SSSR count). The molecule has 0 amide bonds. The van der Waals surface area contributed by atoms with Crippen molar-refractivity contribution in [2.24, 2.45) is 17.8 Å². The van der Waals surface area contributed by atoms with E-state index in [1.807, 2.05) is 0 Å². The summed E-state index contributed by atoms with van der Waals surface area (Å²) in [6.45, 7) is 0.454. The van der Waals surface area contributed by atoms with Gasteiger partial charge in [0, 0.05) is 6.61 Å². The third kappa shape index (κ3) is 2.31. The summed E-state index contributed by atoms with van der Waals surface area (Å²) in [6.07, 6.45) is 12.7. The summed E-state index contributed by atoms with van der Waals surface area (Å²) in [5.74, 6) is 2.39. The molecule has 1 heteroatoms. The molecule has 0 aromatic rings. The quantitative estimate of drug-likeness (QED) is 0.686. The fraction of sp³-hybridized carbons (Fsp3) is 1.00. The second kappa shape index (κ2) is 5.16. The zero-order valence-electron chi connectivity index (χ0n) is 9.25. The largest absolute Gasteiger partial charge is 0.396 e. The van der Waals surface area contributed by atoms with E-state index in [9.17, 15) is 5.11 Å². The Morgan fingerprint density at radius 1 is 0.786 bits per heavy atom. The van der Waals surface area contributed by atoms with Gasteiger partial charge in [0.1, 0.15) is 0 Å². The molecule has 2 saturated carbocycles. The zero-order chi connectivity index (χ0) is 9.80. The van der Waals surface area contributed by atoms with Crippen LogP contribution in [-0.4, -0.2) is 11.7 Å². The molecular weight excluding hydrogens is 172 g/mol. The Bertz CT molecular complexity index is 155. The molecule has 0 bridgehead atoms. The van der Waals surface area contributed by atoms with Crippen molar-refractivity contribution in [2.75, 3.05) is 6.61 Å². The molecule has 2 aliphatic rings. The topological polar surface area (TPSA) is 20.2 Å². The van der Waals surface area contributed by atoms with Gasteiger partial charge < -0.3 is 5.11 Å². The normalized spacial score (nSPS) is 28.1. The molecule has 0 aliphatic heterocycles. The average molecular weight is 196 g/mol. The smallest absolute Gasteiger partial charge is 0.0464 e. The maximum atomic E-state index is 9.51. The van der Waals surface area contributed by atoms with E-state index in [1.54, 1.807) is 0 Å². The number of aliphatic hydroxyl groups is 1. The zero-order valence-corrected chi connectivity index (χ0v) is 9.25. The monoisotopic (exact) mass is 196 g/mol. The molecule has 1 unspecified atom stereocenters. The van der Waals surface area contributed by atoms with Crippen molar-refractivity contribution in [1.82, 2.24) is 0 Å². The molecule has 0 spiro atoms. The standard InChI is InChI=1S/C13H24O/c14-10-13(12-8-5-9-12)11-6-3-1-2-4-7-11/h11-14H,1-10H2. The highest BCUT2D eigenvalue weighted by molar-refractivity contribution is 4.83. The fourth-order valence-corrected chi connectivity index (χ4v) is 3.29. The lowest BCUT2D eigenvalue weighted by Crippen LogP contribution is -2.31. The van der Waals surface area contributed by atoms with Crippen LogP contribution in [0.4, 0.5) is 0 Å². The van der Waals surface area contributed by atoms with Crippen LogP contribution in [0.25, 0.3) is 0 Å². The van der Waals surface area contributed by atoms with Gasteiger partial charge in [0.2, 0.25) is 0 Å². The Morgan fingerprint density at radius 2 is 1.29 bits per heavy atom. The lowest BCUT2D eigenvalue weighted by atomic mass is 9.69. The molecule has 0 heterocycles. The SMILES string of the molecule is OCC(C1CCCCCC1)C1CCC1. The van der Waals surface area contributed by atoms with Gasteiger partial charge in [-0.3, -0.25) is 0 Å². The van der Waals surface area contributed by atoms with Gasteiger partial charge in [0.15, 0.2) is 0 Å². The van der Waals surface area contributed by atoms with Crippen LogP contribution < -0.4 is 0 Å². The molecular formula is C13H24O. The number of rotatable bonds is 3. The average Bonchev–Trinajstić information content (AvgIpc) is 2.38. The highest BCUT2D eigenvalue weighted by Crippen LogP contribution is 2.41. The van der Waals surface area contributed by atoms with Crippen molar-refractivity contribution < 1.29 is 5.11 Å². The van der Waals surface area contributed by atoms with Crippen LogP contribution in [0, 0.1) is 17.8 Å². The van der Waals surface area contributed by atoms with E-state index in [2.05, 4.69) is 0 Å². The number of hydrogen-bond donors (Lipinski definition) is 1. The van der Waals surface area contributed by atoms with Gasteiger partial charge in [0.25, 0.3) is 0 Å². The highest BCUT2D eigenvalue weighted by atomic mass is 16.3. The summed E-state index contributed by atoms with van der Waals surface area (Å²) < 4.78 is 0. The second-order valence-corrected chi connectivity index (χ2v) is 5.29. The van der Waals surface area contributed by atoms with Gasteiger partial charge in [-0.15, -0.1) is 0 Å². The summed E-state index contributed by atoms with van der Waals surface area (Å²) in [5, 5.41) is 9.51. The summed E-state index contributed by atoms with van der Waals surface area (Å²) in [7, 11) is 0. The van der Waals surface area contributed by atoms with Crippen LogP contribution in [0.2, 0.25) is 0 Å². The Hall–Kier alpha value is -0.0400. The third-order valence-electron chi connectivity index (χ3n) is 4.47. The first-order valence-electron chi connectivity index (χ1n) is 6.52. The Labute approximate surface area is 87.9 Å². The minimum Gasteiger partial charge on any atom is -0.396 e. The van der Waals surface area contributed by atoms with Gasteiger partial charge >= 0.3 is 0 Å². The van der Waals surface area contributed by atoms with E-state index in [4.69, 9.17) is 0 Å². The summed E-state index contributed by atoms with van der Waals surface area (Å²) >= 11 is 0. The molecule has 2 aliphatic carbocycles. The van der Waals surface area contributed by atoms with Crippen molar-refractivity contribution in [3.63, 3.8) is 0 Å². The van der Waals surface area contributed by atoms with Gasteiger partial charge in [0.05, 0.1) is 0 Å². The Morgan fingerprint density at radius 3 is 1.64 bits per heavy atom. The Balaban J connectivity index is 1.87. The van der Waals surface area contributed by atoms with Crippen molar-refractivity contribution in [2.45, 2.75) is 57.8 Å². The fourth-order valence-electron chi connectivity index (χ4n) is 3.29. The molecule has 14 heavy (non-hydrogen) atoms. The van der Waals surface area contributed by atoms with Crippen molar-refractivity contribution in [1.29, 1.82) is 0 Å². The van der Waals surface area contributed by atoms with E-state index in [0.29, 0.717) is 12.5 Å². The van der Waals surface area contributed by atoms with E-state index in [1.165, 1.54) is 57.8 Å². The molecule has 1 nitrogen and oxygen atoms in total. The minimum absolute atomic E-state index is 0.454.